The van der Waals surface area contributed by atoms with E-state index in [1.54, 1.807) is 0 Å². The van der Waals surface area contributed by atoms with Gasteiger partial charge in [-0.3, -0.25) is 43.2 Å². The molecule has 0 bridgehead atoms. The number of halogens is 1. The molecule has 0 aromatic heterocycles. The van der Waals surface area contributed by atoms with E-state index in [0.29, 0.717) is 0 Å². The molecule has 2 saturated heterocycles. The number of Topliss-reactive ketones (excluding diaryl/α,β-unsaturated/α-hetero) is 1. The lowest BCUT2D eigenvalue weighted by atomic mass is 9.98. The third-order valence-corrected chi connectivity index (χ3v) is 11.2. The molecule has 1 amide bonds. The summed E-state index contributed by atoms with van der Waals surface area (Å²) in [6, 6.07) is 14.4. The molecule has 0 spiro atoms. The quantitative estimate of drug-likeness (QED) is 0.134. The average Bonchev–Trinajstić information content (AvgIpc) is 3.59. The number of carbonyl (C=O) groups excluding carboxylic acids is 10. The summed E-state index contributed by atoms with van der Waals surface area (Å²) in [4.78, 5) is 118. The van der Waals surface area contributed by atoms with E-state index in [2.05, 4.69) is 21.2 Å². The molecule has 1 aliphatic carbocycles. The van der Waals surface area contributed by atoms with Crippen LogP contribution in [0.1, 0.15) is 86.8 Å². The van der Waals surface area contributed by atoms with Gasteiger partial charge in [-0.1, -0.05) is 71.9 Å². The highest BCUT2D eigenvalue weighted by Gasteiger charge is 2.54. The van der Waals surface area contributed by atoms with Crippen molar-refractivity contribution in [2.75, 3.05) is 26.4 Å². The summed E-state index contributed by atoms with van der Waals surface area (Å²) < 4.78 is 64.3. The zero-order valence-electron chi connectivity index (χ0n) is 40.2. The molecule has 2 heterocycles. The number of nitrogens with one attached hydrogen (secondary N) is 1. The van der Waals surface area contributed by atoms with Crippen LogP contribution in [0.4, 0.5) is 4.79 Å². The highest BCUT2D eigenvalue weighted by Crippen LogP contribution is 2.44. The van der Waals surface area contributed by atoms with Crippen molar-refractivity contribution < 1.29 is 105 Å². The van der Waals surface area contributed by atoms with Crippen LogP contribution in [0, 0.1) is 0 Å². The van der Waals surface area contributed by atoms with Gasteiger partial charge in [0.15, 0.2) is 53.7 Å². The van der Waals surface area contributed by atoms with Crippen LogP contribution in [0.3, 0.4) is 0 Å². The summed E-state index contributed by atoms with van der Waals surface area (Å²) in [5.41, 5.74) is 4.13. The molecule has 2 aliphatic heterocycles. The first kappa shape index (κ1) is 59.8. The Morgan fingerprint density at radius 3 is 1.32 bits per heavy atom. The number of hydrogen-bond donors (Lipinski definition) is 1. The minimum atomic E-state index is -1.53. The Morgan fingerprint density at radius 2 is 0.889 bits per heavy atom. The largest absolute Gasteiger partial charge is 0.463 e. The van der Waals surface area contributed by atoms with Crippen molar-refractivity contribution in [3.05, 3.63) is 59.7 Å². The number of rotatable bonds is 17. The van der Waals surface area contributed by atoms with Gasteiger partial charge in [-0.05, 0) is 29.2 Å². The minimum absolute atomic E-state index is 0. The van der Waals surface area contributed by atoms with E-state index in [0.717, 1.165) is 63.8 Å². The highest BCUT2D eigenvalue weighted by molar-refractivity contribution is 9.09. The zero-order valence-corrected chi connectivity index (χ0v) is 41.8. The predicted molar refractivity (Wildman–Crippen MR) is 248 cm³/mol. The van der Waals surface area contributed by atoms with Gasteiger partial charge in [-0.2, -0.15) is 0 Å². The maximum atomic E-state index is 12.9. The molecule has 2 fully saturated rings. The Morgan fingerprint density at radius 1 is 0.500 bits per heavy atom. The normalized spacial score (nSPS) is 24.2. The van der Waals surface area contributed by atoms with Crippen molar-refractivity contribution in [3.63, 3.8) is 0 Å². The molecule has 0 saturated carbocycles. The van der Waals surface area contributed by atoms with Crippen LogP contribution in [-0.2, 0) is 100.0 Å². The van der Waals surface area contributed by atoms with Crippen molar-refractivity contribution in [3.8, 4) is 11.1 Å². The molecular formula is C48H60BrNO22. The van der Waals surface area contributed by atoms with Crippen LogP contribution in [0.5, 0.6) is 0 Å². The first-order valence-corrected chi connectivity index (χ1v) is 22.9. The molecule has 396 valence electrons. The van der Waals surface area contributed by atoms with Gasteiger partial charge in [0, 0.05) is 61.3 Å². The van der Waals surface area contributed by atoms with Crippen molar-refractivity contribution in [1.29, 1.82) is 0 Å². The van der Waals surface area contributed by atoms with Gasteiger partial charge in [-0.15, -0.1) is 0 Å². The number of alkyl carbamates (subject to hydrolysis) is 1. The van der Waals surface area contributed by atoms with Crippen molar-refractivity contribution in [1.82, 2.24) is 5.32 Å². The molecule has 23 nitrogen and oxygen atoms in total. The van der Waals surface area contributed by atoms with Crippen LogP contribution in [0.15, 0.2) is 48.5 Å². The van der Waals surface area contributed by atoms with Crippen molar-refractivity contribution in [2.24, 2.45) is 0 Å². The molecule has 5 rings (SSSR count). The first-order chi connectivity index (χ1) is 33.5. The lowest BCUT2D eigenvalue weighted by Gasteiger charge is -2.44. The van der Waals surface area contributed by atoms with Crippen molar-refractivity contribution in [2.45, 2.75) is 142 Å². The molecule has 3 aliphatic rings. The van der Waals surface area contributed by atoms with Crippen LogP contribution >= 0.6 is 15.9 Å². The number of amides is 1. The highest BCUT2D eigenvalue weighted by atomic mass is 79.9. The fraction of sp³-hybridized carbons (Fsp3) is 0.542. The number of benzene rings is 2. The second-order valence-corrected chi connectivity index (χ2v) is 17.0. The molecule has 72 heavy (non-hydrogen) atoms. The number of fused-ring (bicyclic) bond motifs is 3. The summed E-state index contributed by atoms with van der Waals surface area (Å²) >= 11 is 3.18. The third-order valence-electron chi connectivity index (χ3n) is 10.4. The summed E-state index contributed by atoms with van der Waals surface area (Å²) in [5.74, 6) is -6.31. The van der Waals surface area contributed by atoms with Gasteiger partial charge >= 0.3 is 53.8 Å². The molecular weight excluding hydrogens is 1020 g/mol. The second-order valence-electron chi connectivity index (χ2n) is 16.1. The van der Waals surface area contributed by atoms with Crippen LogP contribution in [-0.4, -0.2) is 152 Å². The SMILES string of the molecule is C.CC(=O)OCC1O[C@H](Br)[C@H](OC(C)=O)C(OC(C)=O)[C@@H]1OC(C)=O.CC(=O)OCC1O[C@H](OC[C@H](NC(=O)OCC2c3ccccc3-c3ccccc32)C(C)=O)[C@H](OC(C)=O)C(OC(C)=O)[C@@H]1OC(C)=O. The summed E-state index contributed by atoms with van der Waals surface area (Å²) in [6.45, 7) is 9.19. The maximum absolute atomic E-state index is 12.9. The molecule has 1 N–H and O–H groups in total. The third kappa shape index (κ3) is 17.4. The Kier molecular flexibility index (Phi) is 23.2. The standard InChI is InChI=1S/C33H37NO13.C14H19BrO9.CH4/c1-17(35)27(34-33(40)43-14-26-24-12-8-6-10-22(24)23-11-7-9-13-25(23)26)15-42-32-31(46-21(5)39)30(45-20(4)38)29(44-19(3)37)28(47-32)16-41-18(2)36;1-6(16)20-5-10-11(21-7(2)17)12(22-8(3)18)13(14(15)24-10)23-9(4)19;/h6-13,26-32H,14-16H2,1-5H3,(H,34,40);10-14H,5H2,1-4H3;1H4/t27-,28?,29+,30?,31+,32-;10?,11-,12?,13-,14+;/m01./s1. The van der Waals surface area contributed by atoms with Gasteiger partial charge in [0.05, 0.1) is 6.61 Å². The van der Waals surface area contributed by atoms with Crippen LogP contribution in [0.2, 0.25) is 0 Å². The van der Waals surface area contributed by atoms with Gasteiger partial charge < -0.3 is 62.2 Å². The van der Waals surface area contributed by atoms with Gasteiger partial charge in [-0.25, -0.2) is 4.79 Å². The minimum Gasteiger partial charge on any atom is -0.463 e. The summed E-state index contributed by atoms with van der Waals surface area (Å²) in [7, 11) is 0. The Hall–Kier alpha value is -6.50. The van der Waals surface area contributed by atoms with Gasteiger partial charge in [0.1, 0.15) is 38.1 Å². The predicted octanol–water partition coefficient (Wildman–Crippen LogP) is 3.68. The fourth-order valence-corrected chi connectivity index (χ4v) is 8.42. The Bertz CT molecular complexity index is 2240. The molecule has 2 aromatic rings. The lowest BCUT2D eigenvalue weighted by Crippen LogP contribution is -2.63. The number of hydrogen-bond acceptors (Lipinski definition) is 22. The number of esters is 8. The van der Waals surface area contributed by atoms with Crippen molar-refractivity contribution >= 4 is 75.6 Å². The topological polar surface area (TPSA) is 293 Å². The second kappa shape index (κ2) is 27.9. The number of ketones is 1. The van der Waals surface area contributed by atoms with Gasteiger partial charge in [0.25, 0.3) is 0 Å². The maximum Gasteiger partial charge on any atom is 0.407 e. The smallest absolute Gasteiger partial charge is 0.407 e. The van der Waals surface area contributed by atoms with Gasteiger partial charge in [0.2, 0.25) is 0 Å². The molecule has 11 atom stereocenters. The monoisotopic (exact) mass is 1080 g/mol. The first-order valence-electron chi connectivity index (χ1n) is 22.0. The van der Waals surface area contributed by atoms with E-state index in [1.807, 2.05) is 48.5 Å². The summed E-state index contributed by atoms with van der Waals surface area (Å²) in [5, 5.41) is 1.63. The zero-order chi connectivity index (χ0) is 52.7. The Balaban J connectivity index is 0.000000462. The Labute approximate surface area is 423 Å². The lowest BCUT2D eigenvalue weighted by molar-refractivity contribution is -0.308. The fourth-order valence-electron chi connectivity index (χ4n) is 7.73. The summed E-state index contributed by atoms with van der Waals surface area (Å²) in [6.07, 6.45) is -12.2. The van der Waals surface area contributed by atoms with E-state index in [-0.39, 0.29) is 26.6 Å². The van der Waals surface area contributed by atoms with Crippen LogP contribution < -0.4 is 5.32 Å². The van der Waals surface area contributed by atoms with E-state index < -0.39 is 139 Å². The van der Waals surface area contributed by atoms with Crippen LogP contribution in [0.25, 0.3) is 11.1 Å². The molecule has 2 aromatic carbocycles. The number of ether oxygens (including phenoxy) is 12. The molecule has 24 heteroatoms. The molecule has 0 radical (unpaired) electrons. The number of alkyl halides is 1. The van der Waals surface area contributed by atoms with E-state index in [4.69, 9.17) is 56.8 Å². The van der Waals surface area contributed by atoms with E-state index >= 15 is 0 Å². The molecule has 4 unspecified atom stereocenters. The number of carbonyl (C=O) groups is 10. The van der Waals surface area contributed by atoms with E-state index in [9.17, 15) is 47.9 Å². The average molecular weight is 1080 g/mol. The van der Waals surface area contributed by atoms with E-state index in [1.165, 1.54) is 20.8 Å².